The largest absolute Gasteiger partial charge is 0.417 e. The zero-order chi connectivity index (χ0) is 14.6. The molecule has 0 bridgehead atoms. The summed E-state index contributed by atoms with van der Waals surface area (Å²) >= 11 is 0. The van der Waals surface area contributed by atoms with Crippen molar-refractivity contribution in [2.24, 2.45) is 0 Å². The zero-order valence-electron chi connectivity index (χ0n) is 11.8. The van der Waals surface area contributed by atoms with Crippen LogP contribution in [0.15, 0.2) is 18.3 Å². The molecule has 1 aromatic rings. The monoisotopic (exact) mass is 274 g/mol. The van der Waals surface area contributed by atoms with E-state index in [0.29, 0.717) is 17.9 Å². The molecule has 108 valence electrons. The van der Waals surface area contributed by atoms with Gasteiger partial charge in [0.25, 0.3) is 0 Å². The molecule has 1 saturated heterocycles. The van der Waals surface area contributed by atoms with Gasteiger partial charge in [-0.15, -0.1) is 0 Å². The van der Waals surface area contributed by atoms with E-state index in [4.69, 9.17) is 0 Å². The van der Waals surface area contributed by atoms with Crippen LogP contribution in [0.25, 0.3) is 0 Å². The molecule has 19 heavy (non-hydrogen) atoms. The van der Waals surface area contributed by atoms with Gasteiger partial charge < -0.3 is 4.90 Å². The standard InChI is InChI=1S/C12H15F3N2.C2H6/c1-8-3-4-9(2)17(8)11-6-5-10(7-16-11)12(13,14)15;1-2/h5-9H,3-4H2,1-2H3;1-2H3. The lowest BCUT2D eigenvalue weighted by molar-refractivity contribution is -0.137. The maximum absolute atomic E-state index is 12.4. The highest BCUT2D eigenvalue weighted by Gasteiger charge is 2.32. The normalized spacial score (nSPS) is 23.0. The summed E-state index contributed by atoms with van der Waals surface area (Å²) < 4.78 is 37.2. The highest BCUT2D eigenvalue weighted by molar-refractivity contribution is 5.43. The molecule has 0 saturated carbocycles. The first-order valence-corrected chi connectivity index (χ1v) is 6.71. The van der Waals surface area contributed by atoms with Gasteiger partial charge in [-0.25, -0.2) is 4.98 Å². The number of anilines is 1. The molecule has 2 rings (SSSR count). The molecule has 5 heteroatoms. The van der Waals surface area contributed by atoms with Gasteiger partial charge in [0.2, 0.25) is 0 Å². The second kappa shape index (κ2) is 6.26. The maximum Gasteiger partial charge on any atom is 0.417 e. The topological polar surface area (TPSA) is 16.1 Å². The highest BCUT2D eigenvalue weighted by Crippen LogP contribution is 2.32. The van der Waals surface area contributed by atoms with Crippen LogP contribution in [0.3, 0.4) is 0 Å². The van der Waals surface area contributed by atoms with Crippen LogP contribution in [0.4, 0.5) is 19.0 Å². The number of alkyl halides is 3. The van der Waals surface area contributed by atoms with E-state index in [1.807, 2.05) is 13.8 Å². The third kappa shape index (κ3) is 3.61. The van der Waals surface area contributed by atoms with Crippen LogP contribution in [0.1, 0.15) is 46.1 Å². The van der Waals surface area contributed by atoms with E-state index in [1.54, 1.807) is 0 Å². The Labute approximate surface area is 112 Å². The van der Waals surface area contributed by atoms with Crippen molar-refractivity contribution in [3.8, 4) is 0 Å². The highest BCUT2D eigenvalue weighted by atomic mass is 19.4. The number of rotatable bonds is 1. The van der Waals surface area contributed by atoms with Crippen LogP contribution in [0.2, 0.25) is 0 Å². The number of pyridine rings is 1. The number of nitrogens with zero attached hydrogens (tertiary/aromatic N) is 2. The molecule has 2 atom stereocenters. The van der Waals surface area contributed by atoms with E-state index in [9.17, 15) is 13.2 Å². The molecule has 0 aliphatic carbocycles. The average molecular weight is 274 g/mol. The molecular weight excluding hydrogens is 253 g/mol. The Balaban J connectivity index is 0.000000861. The van der Waals surface area contributed by atoms with E-state index in [1.165, 1.54) is 6.07 Å². The quantitative estimate of drug-likeness (QED) is 0.749. The van der Waals surface area contributed by atoms with Gasteiger partial charge in [-0.05, 0) is 38.8 Å². The van der Waals surface area contributed by atoms with Crippen molar-refractivity contribution in [1.29, 1.82) is 0 Å². The Bertz CT molecular complexity index is 377. The molecule has 1 aliphatic rings. The maximum atomic E-state index is 12.4. The lowest BCUT2D eigenvalue weighted by Gasteiger charge is -2.27. The van der Waals surface area contributed by atoms with Gasteiger partial charge in [-0.2, -0.15) is 13.2 Å². The first kappa shape index (κ1) is 15.8. The van der Waals surface area contributed by atoms with Crippen molar-refractivity contribution in [2.75, 3.05) is 4.90 Å². The van der Waals surface area contributed by atoms with E-state index in [0.717, 1.165) is 25.1 Å². The van der Waals surface area contributed by atoms with Crippen molar-refractivity contribution in [3.05, 3.63) is 23.9 Å². The summed E-state index contributed by atoms with van der Waals surface area (Å²) in [5.74, 6) is 0.635. The van der Waals surface area contributed by atoms with E-state index in [2.05, 4.69) is 23.7 Å². The molecule has 1 aromatic heterocycles. The molecule has 2 heterocycles. The van der Waals surface area contributed by atoms with Crippen LogP contribution < -0.4 is 4.90 Å². The second-order valence-corrected chi connectivity index (χ2v) is 4.59. The predicted octanol–water partition coefficient (Wildman–Crippen LogP) is 4.50. The number of hydrogen-bond acceptors (Lipinski definition) is 2. The van der Waals surface area contributed by atoms with Crippen molar-refractivity contribution in [3.63, 3.8) is 0 Å². The van der Waals surface area contributed by atoms with E-state index >= 15 is 0 Å². The molecule has 0 N–H and O–H groups in total. The molecule has 0 radical (unpaired) electrons. The van der Waals surface area contributed by atoms with Gasteiger partial charge in [-0.3, -0.25) is 0 Å². The van der Waals surface area contributed by atoms with Crippen LogP contribution in [-0.2, 0) is 6.18 Å². The van der Waals surface area contributed by atoms with Gasteiger partial charge in [0.05, 0.1) is 5.56 Å². The van der Waals surface area contributed by atoms with E-state index < -0.39 is 11.7 Å². The van der Waals surface area contributed by atoms with Crippen LogP contribution in [-0.4, -0.2) is 17.1 Å². The summed E-state index contributed by atoms with van der Waals surface area (Å²) in [6.45, 7) is 8.14. The minimum absolute atomic E-state index is 0.342. The lowest BCUT2D eigenvalue weighted by atomic mass is 10.2. The Morgan fingerprint density at radius 2 is 1.63 bits per heavy atom. The number of hydrogen-bond donors (Lipinski definition) is 0. The number of aromatic nitrogens is 1. The second-order valence-electron chi connectivity index (χ2n) is 4.59. The van der Waals surface area contributed by atoms with E-state index in [-0.39, 0.29) is 0 Å². The Hall–Kier alpha value is -1.26. The molecule has 0 spiro atoms. The molecule has 1 fully saturated rings. The summed E-state index contributed by atoms with van der Waals surface area (Å²) in [6.07, 6.45) is -1.28. The zero-order valence-corrected chi connectivity index (χ0v) is 11.8. The first-order valence-electron chi connectivity index (χ1n) is 6.71. The van der Waals surface area contributed by atoms with Crippen LogP contribution in [0.5, 0.6) is 0 Å². The van der Waals surface area contributed by atoms with Crippen molar-refractivity contribution < 1.29 is 13.2 Å². The molecule has 2 unspecified atom stereocenters. The fraction of sp³-hybridized carbons (Fsp3) is 0.643. The van der Waals surface area contributed by atoms with Crippen molar-refractivity contribution in [2.45, 2.75) is 58.8 Å². The lowest BCUT2D eigenvalue weighted by Crippen LogP contribution is -2.33. The molecular formula is C14H21F3N2. The van der Waals surface area contributed by atoms with Gasteiger partial charge in [0, 0.05) is 18.3 Å². The van der Waals surface area contributed by atoms with Gasteiger partial charge >= 0.3 is 6.18 Å². The Morgan fingerprint density at radius 3 is 2.00 bits per heavy atom. The van der Waals surface area contributed by atoms with Crippen LogP contribution >= 0.6 is 0 Å². The number of halogens is 3. The smallest absolute Gasteiger partial charge is 0.351 e. The third-order valence-corrected chi connectivity index (χ3v) is 3.29. The summed E-state index contributed by atoms with van der Waals surface area (Å²) in [4.78, 5) is 6.02. The molecule has 1 aliphatic heterocycles. The van der Waals surface area contributed by atoms with Crippen molar-refractivity contribution in [1.82, 2.24) is 4.98 Å². The fourth-order valence-corrected chi connectivity index (χ4v) is 2.35. The Kier molecular flexibility index (Phi) is 5.20. The fourth-order valence-electron chi connectivity index (χ4n) is 2.35. The Morgan fingerprint density at radius 1 is 1.11 bits per heavy atom. The average Bonchev–Trinajstić information content (AvgIpc) is 2.71. The summed E-state index contributed by atoms with van der Waals surface area (Å²) in [5, 5.41) is 0. The third-order valence-electron chi connectivity index (χ3n) is 3.29. The van der Waals surface area contributed by atoms with Gasteiger partial charge in [0.1, 0.15) is 5.82 Å². The molecule has 0 amide bonds. The minimum atomic E-state index is -4.31. The minimum Gasteiger partial charge on any atom is -0.351 e. The SMILES string of the molecule is CC.CC1CCC(C)N1c1ccc(C(F)(F)F)cn1. The molecule has 2 nitrogen and oxygen atoms in total. The van der Waals surface area contributed by atoms with Crippen LogP contribution in [0, 0.1) is 0 Å². The molecule has 0 aromatic carbocycles. The summed E-state index contributed by atoms with van der Waals surface area (Å²) in [7, 11) is 0. The van der Waals surface area contributed by atoms with Crippen molar-refractivity contribution >= 4 is 5.82 Å². The summed E-state index contributed by atoms with van der Waals surface area (Å²) in [5.41, 5.74) is -0.694. The summed E-state index contributed by atoms with van der Waals surface area (Å²) in [6, 6.07) is 3.24. The predicted molar refractivity (Wildman–Crippen MR) is 71.2 cm³/mol. The first-order chi connectivity index (χ1) is 8.89. The van der Waals surface area contributed by atoms with Gasteiger partial charge in [0.15, 0.2) is 0 Å². The van der Waals surface area contributed by atoms with Gasteiger partial charge in [-0.1, -0.05) is 13.8 Å².